The zero-order chi connectivity index (χ0) is 19.4. The average molecular weight is 366 g/mol. The van der Waals surface area contributed by atoms with E-state index in [0.717, 1.165) is 12.0 Å². The number of hydrazine groups is 1. The lowest BCUT2D eigenvalue weighted by molar-refractivity contribution is -0.121. The molecule has 27 heavy (non-hydrogen) atoms. The van der Waals surface area contributed by atoms with Crippen LogP contribution in [-0.2, 0) is 16.0 Å². The number of ether oxygens (including phenoxy) is 1. The molecule has 0 saturated heterocycles. The van der Waals surface area contributed by atoms with Crippen LogP contribution in [0, 0.1) is 0 Å². The van der Waals surface area contributed by atoms with Gasteiger partial charge in [-0.3, -0.25) is 15.0 Å². The van der Waals surface area contributed by atoms with Gasteiger partial charge in [0.15, 0.2) is 11.5 Å². The van der Waals surface area contributed by atoms with Gasteiger partial charge in [-0.1, -0.05) is 31.2 Å². The van der Waals surface area contributed by atoms with Gasteiger partial charge >= 0.3 is 0 Å². The highest BCUT2D eigenvalue weighted by molar-refractivity contribution is 6.10. The fourth-order valence-electron chi connectivity index (χ4n) is 2.84. The highest BCUT2D eigenvalue weighted by Crippen LogP contribution is 2.37. The zero-order valence-corrected chi connectivity index (χ0v) is 15.1. The Kier molecular flexibility index (Phi) is 5.42. The summed E-state index contributed by atoms with van der Waals surface area (Å²) in [5.74, 6) is 5.10. The van der Waals surface area contributed by atoms with Crippen molar-refractivity contribution >= 4 is 29.3 Å². The van der Waals surface area contributed by atoms with E-state index >= 15 is 0 Å². The van der Waals surface area contributed by atoms with Crippen LogP contribution in [0.5, 0.6) is 5.75 Å². The Labute approximate surface area is 157 Å². The third kappa shape index (κ3) is 4.09. The van der Waals surface area contributed by atoms with Gasteiger partial charge in [0, 0.05) is 24.7 Å². The number of rotatable bonds is 5. The van der Waals surface area contributed by atoms with Crippen LogP contribution in [0.2, 0.25) is 0 Å². The van der Waals surface area contributed by atoms with Crippen LogP contribution in [-0.4, -0.2) is 18.4 Å². The molecule has 1 aliphatic rings. The van der Waals surface area contributed by atoms with Gasteiger partial charge in [0.05, 0.1) is 5.69 Å². The number of aryl methyl sites for hydroxylation is 1. The summed E-state index contributed by atoms with van der Waals surface area (Å²) in [5, 5.41) is 0. The van der Waals surface area contributed by atoms with E-state index in [1.807, 2.05) is 24.3 Å². The Morgan fingerprint density at radius 2 is 1.96 bits per heavy atom. The van der Waals surface area contributed by atoms with Crippen molar-refractivity contribution in [1.29, 1.82) is 0 Å². The molecule has 0 saturated carbocycles. The van der Waals surface area contributed by atoms with Gasteiger partial charge in [-0.2, -0.15) is 0 Å². The fourth-order valence-corrected chi connectivity index (χ4v) is 2.84. The van der Waals surface area contributed by atoms with Gasteiger partial charge in [-0.25, -0.2) is 5.84 Å². The lowest BCUT2D eigenvalue weighted by Crippen LogP contribution is -2.40. The summed E-state index contributed by atoms with van der Waals surface area (Å²) in [6, 6.07) is 12.9. The van der Waals surface area contributed by atoms with Crippen molar-refractivity contribution in [3.8, 4) is 5.75 Å². The molecule has 140 valence electrons. The number of hydrogen-bond acceptors (Lipinski definition) is 5. The second kappa shape index (κ2) is 7.92. The van der Waals surface area contributed by atoms with E-state index < -0.39 is 0 Å². The monoisotopic (exact) mass is 366 g/mol. The average Bonchev–Trinajstić information content (AvgIpc) is 2.68. The summed E-state index contributed by atoms with van der Waals surface area (Å²) in [5.41, 5.74) is 11.1. The van der Waals surface area contributed by atoms with Gasteiger partial charge < -0.3 is 15.4 Å². The molecular weight excluding hydrogens is 344 g/mol. The maximum Gasteiger partial charge on any atom is 0.294 e. The molecule has 7 nitrogen and oxygen atoms in total. The highest BCUT2D eigenvalue weighted by atomic mass is 16.5. The third-order valence-electron chi connectivity index (χ3n) is 4.36. The van der Waals surface area contributed by atoms with Crippen LogP contribution in [0.3, 0.4) is 0 Å². The van der Waals surface area contributed by atoms with Crippen LogP contribution in [0.1, 0.15) is 24.5 Å². The van der Waals surface area contributed by atoms with Gasteiger partial charge in [0.2, 0.25) is 5.91 Å². The van der Waals surface area contributed by atoms with E-state index in [-0.39, 0.29) is 30.5 Å². The topological polar surface area (TPSA) is 111 Å². The molecule has 2 aromatic rings. The number of carbonyl (C=O) groups is 2. The third-order valence-corrected chi connectivity index (χ3v) is 4.36. The molecule has 0 spiro atoms. The fraction of sp³-hybridized carbons (Fsp3) is 0.200. The van der Waals surface area contributed by atoms with Gasteiger partial charge in [0.25, 0.3) is 5.91 Å². The minimum absolute atomic E-state index is 0.0739. The number of nitrogen functional groups attached to an aromatic ring is 1. The van der Waals surface area contributed by atoms with Crippen molar-refractivity contribution < 1.29 is 14.3 Å². The van der Waals surface area contributed by atoms with Crippen molar-refractivity contribution in [1.82, 2.24) is 5.43 Å². The SMILES string of the molecule is CCc1ccc(/C=C2/Oc3cc(N)ccc3N(CCC(=O)NN)C2=O)cc1. The van der Waals surface area contributed by atoms with Crippen molar-refractivity contribution in [2.45, 2.75) is 19.8 Å². The minimum atomic E-state index is -0.355. The minimum Gasteiger partial charge on any atom is -0.449 e. The summed E-state index contributed by atoms with van der Waals surface area (Å²) in [6.45, 7) is 2.26. The van der Waals surface area contributed by atoms with E-state index in [2.05, 4.69) is 12.3 Å². The number of hydrogen-bond donors (Lipinski definition) is 3. The standard InChI is InChI=1S/C20H22N4O3/c1-2-13-3-5-14(6-4-13)11-18-20(26)24(10-9-19(25)23-22)16-8-7-15(21)12-17(16)27-18/h3-8,11-12H,2,9-10,21-22H2,1H3,(H,23,25)/b18-11+. The molecule has 2 amide bonds. The maximum atomic E-state index is 12.9. The van der Waals surface area contributed by atoms with Crippen LogP contribution in [0.4, 0.5) is 11.4 Å². The molecule has 2 aromatic carbocycles. The van der Waals surface area contributed by atoms with Crippen molar-refractivity contribution in [3.63, 3.8) is 0 Å². The van der Waals surface area contributed by atoms with E-state index in [4.69, 9.17) is 16.3 Å². The van der Waals surface area contributed by atoms with Crippen molar-refractivity contribution in [2.24, 2.45) is 5.84 Å². The predicted molar refractivity (Wildman–Crippen MR) is 105 cm³/mol. The Morgan fingerprint density at radius 3 is 2.63 bits per heavy atom. The van der Waals surface area contributed by atoms with Crippen LogP contribution >= 0.6 is 0 Å². The smallest absolute Gasteiger partial charge is 0.294 e. The molecule has 1 heterocycles. The molecule has 5 N–H and O–H groups in total. The number of nitrogens with zero attached hydrogens (tertiary/aromatic N) is 1. The number of nitrogens with two attached hydrogens (primary N) is 2. The first-order valence-corrected chi connectivity index (χ1v) is 8.71. The van der Waals surface area contributed by atoms with Crippen LogP contribution in [0.25, 0.3) is 6.08 Å². The molecule has 7 heteroatoms. The van der Waals surface area contributed by atoms with Crippen LogP contribution in [0.15, 0.2) is 48.2 Å². The van der Waals surface area contributed by atoms with E-state index in [9.17, 15) is 9.59 Å². The molecule has 0 aliphatic carbocycles. The molecule has 3 rings (SSSR count). The first-order chi connectivity index (χ1) is 13.0. The summed E-state index contributed by atoms with van der Waals surface area (Å²) in [6.07, 6.45) is 2.70. The van der Waals surface area contributed by atoms with E-state index in [0.29, 0.717) is 17.1 Å². The lowest BCUT2D eigenvalue weighted by Gasteiger charge is -2.30. The number of anilines is 2. The van der Waals surface area contributed by atoms with Gasteiger partial charge in [-0.05, 0) is 35.8 Å². The zero-order valence-electron chi connectivity index (χ0n) is 15.1. The second-order valence-corrected chi connectivity index (χ2v) is 6.21. The Morgan fingerprint density at radius 1 is 1.22 bits per heavy atom. The maximum absolute atomic E-state index is 12.9. The van der Waals surface area contributed by atoms with Gasteiger partial charge in [0.1, 0.15) is 0 Å². The first-order valence-electron chi connectivity index (χ1n) is 8.71. The molecule has 0 bridgehead atoms. The molecule has 0 radical (unpaired) electrons. The normalized spacial score (nSPS) is 14.7. The van der Waals surface area contributed by atoms with E-state index in [1.165, 1.54) is 10.5 Å². The number of carbonyl (C=O) groups excluding carboxylic acids is 2. The number of amides is 2. The summed E-state index contributed by atoms with van der Waals surface area (Å²) < 4.78 is 5.81. The molecule has 0 fully saturated rings. The Bertz CT molecular complexity index is 891. The lowest BCUT2D eigenvalue weighted by atomic mass is 10.1. The van der Waals surface area contributed by atoms with Crippen molar-refractivity contribution in [3.05, 3.63) is 59.4 Å². The number of nitrogens with one attached hydrogen (secondary N) is 1. The van der Waals surface area contributed by atoms with Crippen LogP contribution < -0.4 is 26.6 Å². The Balaban J connectivity index is 1.94. The van der Waals surface area contributed by atoms with E-state index in [1.54, 1.807) is 24.3 Å². The largest absolute Gasteiger partial charge is 0.449 e. The molecule has 0 unspecified atom stereocenters. The van der Waals surface area contributed by atoms with Crippen molar-refractivity contribution in [2.75, 3.05) is 17.2 Å². The van der Waals surface area contributed by atoms with Gasteiger partial charge in [-0.15, -0.1) is 0 Å². The Hall–Kier alpha value is -3.32. The molecule has 0 aromatic heterocycles. The second-order valence-electron chi connectivity index (χ2n) is 6.21. The highest BCUT2D eigenvalue weighted by Gasteiger charge is 2.30. The summed E-state index contributed by atoms with van der Waals surface area (Å²) in [4.78, 5) is 26.0. The quantitative estimate of drug-likeness (QED) is 0.246. The number of benzene rings is 2. The molecular formula is C20H22N4O3. The summed E-state index contributed by atoms with van der Waals surface area (Å²) >= 11 is 0. The number of fused-ring (bicyclic) bond motifs is 1. The molecule has 1 aliphatic heterocycles. The summed E-state index contributed by atoms with van der Waals surface area (Å²) in [7, 11) is 0. The molecule has 0 atom stereocenters. The first kappa shape index (κ1) is 18.5. The predicted octanol–water partition coefficient (Wildman–Crippen LogP) is 1.98.